The zero-order valence-electron chi connectivity index (χ0n) is 13.6. The molecule has 0 spiro atoms. The van der Waals surface area contributed by atoms with Crippen molar-refractivity contribution in [2.75, 3.05) is 13.1 Å². The lowest BCUT2D eigenvalue weighted by atomic mass is 10.1. The number of carbonyl (C=O) groups excluding carboxylic acids is 2. The first-order valence-electron chi connectivity index (χ1n) is 7.77. The summed E-state index contributed by atoms with van der Waals surface area (Å²) in [6.45, 7) is 5.14. The second-order valence-corrected chi connectivity index (χ2v) is 5.38. The van der Waals surface area contributed by atoms with E-state index in [2.05, 4.69) is 5.32 Å². The first-order chi connectivity index (χ1) is 11.1. The Morgan fingerprint density at radius 2 is 1.65 bits per heavy atom. The van der Waals surface area contributed by atoms with Crippen molar-refractivity contribution < 1.29 is 9.59 Å². The molecule has 0 heterocycles. The predicted octanol–water partition coefficient (Wildman–Crippen LogP) is 2.77. The van der Waals surface area contributed by atoms with Crippen LogP contribution < -0.4 is 5.32 Å². The normalized spacial score (nSPS) is 10.2. The highest BCUT2D eigenvalue weighted by molar-refractivity contribution is 5.96. The molecule has 0 fully saturated rings. The number of amides is 2. The molecule has 1 N–H and O–H groups in total. The van der Waals surface area contributed by atoms with E-state index in [-0.39, 0.29) is 18.4 Å². The van der Waals surface area contributed by atoms with Crippen LogP contribution in [0.15, 0.2) is 54.6 Å². The van der Waals surface area contributed by atoms with Crippen LogP contribution in [0, 0.1) is 6.92 Å². The molecule has 23 heavy (non-hydrogen) atoms. The monoisotopic (exact) mass is 310 g/mol. The molecule has 120 valence electrons. The number of hydrogen-bond donors (Lipinski definition) is 1. The number of aryl methyl sites for hydroxylation is 1. The summed E-state index contributed by atoms with van der Waals surface area (Å²) in [6, 6.07) is 16.9. The Bertz CT molecular complexity index is 668. The highest BCUT2D eigenvalue weighted by Gasteiger charge is 2.14. The van der Waals surface area contributed by atoms with E-state index in [4.69, 9.17) is 0 Å². The van der Waals surface area contributed by atoms with Gasteiger partial charge in [-0.2, -0.15) is 0 Å². The molecule has 4 nitrogen and oxygen atoms in total. The van der Waals surface area contributed by atoms with Crippen LogP contribution >= 0.6 is 0 Å². The SMILES string of the molecule is CCN(Cc1ccccc1C)C(=O)CNC(=O)c1ccccc1. The van der Waals surface area contributed by atoms with Crippen molar-refractivity contribution in [2.45, 2.75) is 20.4 Å². The van der Waals surface area contributed by atoms with Crippen molar-refractivity contribution in [3.8, 4) is 0 Å². The van der Waals surface area contributed by atoms with Gasteiger partial charge in [0.2, 0.25) is 5.91 Å². The fraction of sp³-hybridized carbons (Fsp3) is 0.263. The number of nitrogens with zero attached hydrogens (tertiary/aromatic N) is 1. The average molecular weight is 310 g/mol. The molecule has 2 amide bonds. The van der Waals surface area contributed by atoms with Gasteiger partial charge >= 0.3 is 0 Å². The number of nitrogens with one attached hydrogen (secondary N) is 1. The van der Waals surface area contributed by atoms with E-state index < -0.39 is 0 Å². The van der Waals surface area contributed by atoms with Crippen molar-refractivity contribution in [3.05, 3.63) is 71.3 Å². The molecule has 2 rings (SSSR count). The number of hydrogen-bond acceptors (Lipinski definition) is 2. The number of rotatable bonds is 6. The number of benzene rings is 2. The van der Waals surface area contributed by atoms with Crippen LogP contribution in [0.4, 0.5) is 0 Å². The Kier molecular flexibility index (Phi) is 5.92. The van der Waals surface area contributed by atoms with Gasteiger partial charge in [0, 0.05) is 18.7 Å². The molecule has 2 aromatic carbocycles. The predicted molar refractivity (Wildman–Crippen MR) is 91.0 cm³/mol. The van der Waals surface area contributed by atoms with E-state index in [9.17, 15) is 9.59 Å². The van der Waals surface area contributed by atoms with E-state index in [1.807, 2.05) is 44.2 Å². The molecule has 0 aliphatic carbocycles. The fourth-order valence-corrected chi connectivity index (χ4v) is 2.33. The molecule has 0 unspecified atom stereocenters. The van der Waals surface area contributed by atoms with Crippen LogP contribution in [0.5, 0.6) is 0 Å². The highest BCUT2D eigenvalue weighted by atomic mass is 16.2. The van der Waals surface area contributed by atoms with Gasteiger partial charge < -0.3 is 10.2 Å². The van der Waals surface area contributed by atoms with E-state index >= 15 is 0 Å². The Morgan fingerprint density at radius 1 is 1.00 bits per heavy atom. The van der Waals surface area contributed by atoms with Gasteiger partial charge in [0.25, 0.3) is 5.91 Å². The van der Waals surface area contributed by atoms with Crippen molar-refractivity contribution >= 4 is 11.8 Å². The summed E-state index contributed by atoms with van der Waals surface area (Å²) in [6.07, 6.45) is 0. The molecule has 0 bridgehead atoms. The lowest BCUT2D eigenvalue weighted by molar-refractivity contribution is -0.130. The Morgan fingerprint density at radius 3 is 2.30 bits per heavy atom. The van der Waals surface area contributed by atoms with Crippen LogP contribution in [0.3, 0.4) is 0 Å². The summed E-state index contributed by atoms with van der Waals surface area (Å²) in [5.74, 6) is -0.314. The molecule has 0 aliphatic heterocycles. The molecule has 2 aromatic rings. The maximum absolute atomic E-state index is 12.3. The third-order valence-electron chi connectivity index (χ3n) is 3.79. The maximum Gasteiger partial charge on any atom is 0.251 e. The topological polar surface area (TPSA) is 49.4 Å². The van der Waals surface area contributed by atoms with Gasteiger partial charge in [0.15, 0.2) is 0 Å². The summed E-state index contributed by atoms with van der Waals surface area (Å²) in [5.41, 5.74) is 2.84. The average Bonchev–Trinajstić information content (AvgIpc) is 2.59. The lowest BCUT2D eigenvalue weighted by Crippen LogP contribution is -2.39. The zero-order valence-corrected chi connectivity index (χ0v) is 13.6. The number of carbonyl (C=O) groups is 2. The van der Waals surface area contributed by atoms with Crippen LogP contribution in [0.2, 0.25) is 0 Å². The minimum absolute atomic E-state index is 0.00739. The molecule has 0 saturated heterocycles. The quantitative estimate of drug-likeness (QED) is 0.892. The molecule has 0 atom stereocenters. The summed E-state index contributed by atoms with van der Waals surface area (Å²) < 4.78 is 0. The van der Waals surface area contributed by atoms with Gasteiger partial charge in [0.05, 0.1) is 6.54 Å². The van der Waals surface area contributed by atoms with Gasteiger partial charge in [-0.15, -0.1) is 0 Å². The Balaban J connectivity index is 1.93. The molecule has 0 aromatic heterocycles. The smallest absolute Gasteiger partial charge is 0.251 e. The molecule has 0 radical (unpaired) electrons. The Labute approximate surface area is 137 Å². The molecular formula is C19H22N2O2. The molecule has 4 heteroatoms. The van der Waals surface area contributed by atoms with Crippen molar-refractivity contribution in [3.63, 3.8) is 0 Å². The van der Waals surface area contributed by atoms with E-state index in [1.54, 1.807) is 29.2 Å². The summed E-state index contributed by atoms with van der Waals surface area (Å²) in [5, 5.41) is 2.68. The third-order valence-corrected chi connectivity index (χ3v) is 3.79. The number of likely N-dealkylation sites (N-methyl/N-ethyl adjacent to an activating group) is 1. The lowest BCUT2D eigenvalue weighted by Gasteiger charge is -2.22. The van der Waals surface area contributed by atoms with Crippen molar-refractivity contribution in [2.24, 2.45) is 0 Å². The summed E-state index contributed by atoms with van der Waals surface area (Å²) in [7, 11) is 0. The van der Waals surface area contributed by atoms with Crippen LogP contribution in [0.25, 0.3) is 0 Å². The van der Waals surface area contributed by atoms with Crippen LogP contribution in [0.1, 0.15) is 28.4 Å². The second-order valence-electron chi connectivity index (χ2n) is 5.38. The van der Waals surface area contributed by atoms with Gasteiger partial charge in [-0.05, 0) is 37.1 Å². The van der Waals surface area contributed by atoms with E-state index in [0.29, 0.717) is 18.7 Å². The summed E-state index contributed by atoms with van der Waals surface area (Å²) in [4.78, 5) is 26.1. The second kappa shape index (κ2) is 8.13. The van der Waals surface area contributed by atoms with Gasteiger partial charge in [-0.1, -0.05) is 42.5 Å². The third kappa shape index (κ3) is 4.68. The minimum atomic E-state index is -0.231. The van der Waals surface area contributed by atoms with Crippen molar-refractivity contribution in [1.29, 1.82) is 0 Å². The molecule has 0 saturated carbocycles. The standard InChI is InChI=1S/C19H22N2O2/c1-3-21(14-17-12-8-7-9-15(17)2)18(22)13-20-19(23)16-10-5-4-6-11-16/h4-12H,3,13-14H2,1-2H3,(H,20,23). The van der Waals surface area contributed by atoms with Crippen molar-refractivity contribution in [1.82, 2.24) is 10.2 Å². The zero-order chi connectivity index (χ0) is 16.7. The van der Waals surface area contributed by atoms with Gasteiger partial charge in [-0.25, -0.2) is 0 Å². The first kappa shape index (κ1) is 16.7. The minimum Gasteiger partial charge on any atom is -0.343 e. The molecule has 0 aliphatic rings. The summed E-state index contributed by atoms with van der Waals surface area (Å²) >= 11 is 0. The highest BCUT2D eigenvalue weighted by Crippen LogP contribution is 2.10. The van der Waals surface area contributed by atoms with Crippen LogP contribution in [-0.2, 0) is 11.3 Å². The first-order valence-corrected chi connectivity index (χ1v) is 7.77. The largest absolute Gasteiger partial charge is 0.343 e. The maximum atomic E-state index is 12.3. The van der Waals surface area contributed by atoms with E-state index in [0.717, 1.165) is 11.1 Å². The van der Waals surface area contributed by atoms with Gasteiger partial charge in [-0.3, -0.25) is 9.59 Å². The Hall–Kier alpha value is -2.62. The van der Waals surface area contributed by atoms with Crippen LogP contribution in [-0.4, -0.2) is 29.8 Å². The van der Waals surface area contributed by atoms with Gasteiger partial charge in [0.1, 0.15) is 0 Å². The molecular weight excluding hydrogens is 288 g/mol. The van der Waals surface area contributed by atoms with E-state index in [1.165, 1.54) is 0 Å². The fourth-order valence-electron chi connectivity index (χ4n) is 2.33.